The van der Waals surface area contributed by atoms with Crippen molar-refractivity contribution in [2.75, 3.05) is 127 Å². The standard InChI is InChI=1S/C80H86Cl4N12O6/c1-50(97)94-32-28-78(47-94)43-92(44-78)36-52-19-23-64(88-74(52)100-3)60-15-6-10-55(69(60)81)56-11-7-16-61(70(56)82)65-24-20-53(75(89-65)101-4)37-93-45-79(46-93)29-33-95(48-79)68(98)34-67-80(27-31-86-40-80)49-96(67)38-54-21-25-66(90-76(54)102-5)62-17-9-13-58(72(62)84)57-12-8-14-59(71(57)83)63-22-18-51(73(87-63)99-2)35-91-41-77(42-91)26-30-85-39-77/h6-25,67,85-86H,26-49H2,1-5H3. The molecule has 18 nitrogen and oxygen atoms in total. The first-order valence-electron chi connectivity index (χ1n) is 35.7. The van der Waals surface area contributed by atoms with E-state index in [0.29, 0.717) is 92.2 Å². The van der Waals surface area contributed by atoms with Crippen LogP contribution in [-0.2, 0) is 35.8 Å². The Labute approximate surface area is 616 Å². The summed E-state index contributed by atoms with van der Waals surface area (Å²) in [5, 5.41) is 9.28. The normalized spacial score (nSPS) is 21.2. The molecule has 8 saturated heterocycles. The molecule has 0 bridgehead atoms. The van der Waals surface area contributed by atoms with Crippen LogP contribution < -0.4 is 29.6 Å². The third kappa shape index (κ3) is 12.9. The predicted octanol–water partition coefficient (Wildman–Crippen LogP) is 13.1. The number of nitrogens with zero attached hydrogens (tertiary/aromatic N) is 10. The summed E-state index contributed by atoms with van der Waals surface area (Å²) < 4.78 is 23.8. The van der Waals surface area contributed by atoms with Crippen molar-refractivity contribution in [1.29, 1.82) is 0 Å². The van der Waals surface area contributed by atoms with E-state index in [2.05, 4.69) is 59.4 Å². The van der Waals surface area contributed by atoms with Gasteiger partial charge < -0.3 is 39.4 Å². The van der Waals surface area contributed by atoms with Gasteiger partial charge in [-0.2, -0.15) is 0 Å². The molecule has 4 aromatic carbocycles. The maximum Gasteiger partial charge on any atom is 0.224 e. The number of benzene rings is 4. The van der Waals surface area contributed by atoms with Gasteiger partial charge in [-0.1, -0.05) is 143 Å². The van der Waals surface area contributed by atoms with Crippen LogP contribution >= 0.6 is 46.4 Å². The van der Waals surface area contributed by atoms with Crippen molar-refractivity contribution < 1.29 is 28.5 Å². The third-order valence-electron chi connectivity index (χ3n) is 23.4. The van der Waals surface area contributed by atoms with Crippen molar-refractivity contribution in [1.82, 2.24) is 60.0 Å². The van der Waals surface area contributed by atoms with Gasteiger partial charge in [-0.15, -0.1) is 0 Å². The second-order valence-electron chi connectivity index (χ2n) is 30.2. The lowest BCUT2D eigenvalue weighted by atomic mass is 9.69. The van der Waals surface area contributed by atoms with Gasteiger partial charge in [0, 0.05) is 219 Å². The van der Waals surface area contributed by atoms with Crippen molar-refractivity contribution in [3.05, 3.63) is 164 Å². The Morgan fingerprint density at radius 1 is 0.422 bits per heavy atom. The van der Waals surface area contributed by atoms with Gasteiger partial charge in [0.05, 0.1) is 71.3 Å². The number of likely N-dealkylation sites (tertiary alicyclic amines) is 6. The molecule has 2 amide bonds. The molecule has 8 fully saturated rings. The van der Waals surface area contributed by atoms with E-state index >= 15 is 0 Å². The minimum absolute atomic E-state index is 0.0278. The van der Waals surface area contributed by atoms with Crippen LogP contribution in [0.25, 0.3) is 67.3 Å². The summed E-state index contributed by atoms with van der Waals surface area (Å²) in [5.74, 6) is 2.60. The molecule has 102 heavy (non-hydrogen) atoms. The van der Waals surface area contributed by atoms with Gasteiger partial charge in [-0.05, 0) is 63.0 Å². The van der Waals surface area contributed by atoms with Crippen molar-refractivity contribution in [2.24, 2.45) is 21.7 Å². The summed E-state index contributed by atoms with van der Waals surface area (Å²) in [6.07, 6.45) is 4.73. The van der Waals surface area contributed by atoms with Crippen LogP contribution in [0.5, 0.6) is 23.5 Å². The first kappa shape index (κ1) is 68.9. The van der Waals surface area contributed by atoms with E-state index in [0.717, 1.165) is 196 Å². The number of aromatic nitrogens is 4. The Kier molecular flexibility index (Phi) is 18.8. The van der Waals surface area contributed by atoms with Crippen molar-refractivity contribution >= 4 is 58.2 Å². The lowest BCUT2D eigenvalue weighted by Gasteiger charge is -2.56. The average molecular weight is 1450 g/mol. The number of methoxy groups -OCH3 is 4. The molecular weight excluding hydrogens is 1370 g/mol. The van der Waals surface area contributed by atoms with E-state index in [1.165, 1.54) is 6.42 Å². The molecule has 12 heterocycles. The van der Waals surface area contributed by atoms with Gasteiger partial charge in [-0.3, -0.25) is 29.2 Å². The number of carbonyl (C=O) groups is 2. The highest BCUT2D eigenvalue weighted by molar-refractivity contribution is 6.40. The van der Waals surface area contributed by atoms with Crippen molar-refractivity contribution in [2.45, 2.75) is 71.2 Å². The number of nitrogens with one attached hydrogen (secondary N) is 2. The number of hydrogen-bond acceptors (Lipinski definition) is 16. The molecule has 0 saturated carbocycles. The summed E-state index contributed by atoms with van der Waals surface area (Å²) in [4.78, 5) is 60.6. The molecule has 8 aliphatic rings. The molecule has 2 unspecified atom stereocenters. The molecule has 2 N–H and O–H groups in total. The zero-order chi connectivity index (χ0) is 70.2. The minimum Gasteiger partial charge on any atom is -0.481 e. The number of rotatable bonds is 20. The highest BCUT2D eigenvalue weighted by atomic mass is 35.5. The van der Waals surface area contributed by atoms with E-state index in [1.807, 2.05) is 102 Å². The Hall–Kier alpha value is -7.46. The van der Waals surface area contributed by atoms with Crippen LogP contribution in [-0.4, -0.2) is 194 Å². The fraction of sp³-hybridized carbons (Fsp3) is 0.425. The summed E-state index contributed by atoms with van der Waals surface area (Å²) in [5.41, 5.74) is 13.6. The van der Waals surface area contributed by atoms with E-state index < -0.39 is 0 Å². The largest absolute Gasteiger partial charge is 0.481 e. The van der Waals surface area contributed by atoms with Crippen LogP contribution in [0.1, 0.15) is 61.3 Å². The topological polar surface area (TPSA) is 166 Å². The van der Waals surface area contributed by atoms with Crippen molar-refractivity contribution in [3.63, 3.8) is 0 Å². The van der Waals surface area contributed by atoms with Gasteiger partial charge in [0.1, 0.15) is 0 Å². The third-order valence-corrected chi connectivity index (χ3v) is 25.1. The fourth-order valence-electron chi connectivity index (χ4n) is 18.2. The molecular formula is C80H86Cl4N12O6. The molecule has 8 aliphatic heterocycles. The molecule has 8 aromatic rings. The second kappa shape index (κ2) is 27.9. The highest BCUT2D eigenvalue weighted by Crippen LogP contribution is 2.50. The zero-order valence-corrected chi connectivity index (χ0v) is 61.6. The van der Waals surface area contributed by atoms with E-state index in [9.17, 15) is 9.59 Å². The summed E-state index contributed by atoms with van der Waals surface area (Å²) in [6.45, 7) is 18.3. The van der Waals surface area contributed by atoms with Gasteiger partial charge in [0.15, 0.2) is 0 Å². The average Bonchev–Trinajstić information content (AvgIpc) is 1.49. The first-order valence-corrected chi connectivity index (χ1v) is 37.2. The van der Waals surface area contributed by atoms with E-state index in [-0.39, 0.29) is 34.1 Å². The molecule has 4 spiro atoms. The first-order chi connectivity index (χ1) is 49.5. The summed E-state index contributed by atoms with van der Waals surface area (Å²) in [6, 6.07) is 40.2. The predicted molar refractivity (Wildman–Crippen MR) is 400 cm³/mol. The lowest BCUT2D eigenvalue weighted by molar-refractivity contribution is -0.140. The van der Waals surface area contributed by atoms with Crippen molar-refractivity contribution in [3.8, 4) is 90.8 Å². The lowest BCUT2D eigenvalue weighted by Crippen LogP contribution is -2.66. The monoisotopic (exact) mass is 1450 g/mol. The molecule has 16 rings (SSSR count). The van der Waals surface area contributed by atoms with Crippen LogP contribution in [0.2, 0.25) is 20.1 Å². The van der Waals surface area contributed by atoms with Crippen LogP contribution in [0, 0.1) is 21.7 Å². The second-order valence-corrected chi connectivity index (χ2v) is 31.7. The Morgan fingerprint density at radius 2 is 0.775 bits per heavy atom. The fourth-order valence-corrected chi connectivity index (χ4v) is 19.5. The summed E-state index contributed by atoms with van der Waals surface area (Å²) >= 11 is 29.4. The smallest absolute Gasteiger partial charge is 0.224 e. The molecule has 530 valence electrons. The molecule has 22 heteroatoms. The zero-order valence-electron chi connectivity index (χ0n) is 58.5. The van der Waals surface area contributed by atoms with Crippen LogP contribution in [0.3, 0.4) is 0 Å². The van der Waals surface area contributed by atoms with Crippen LogP contribution in [0.4, 0.5) is 0 Å². The number of carbonyl (C=O) groups excluding carboxylic acids is 2. The highest BCUT2D eigenvalue weighted by Gasteiger charge is 2.56. The summed E-state index contributed by atoms with van der Waals surface area (Å²) in [7, 11) is 6.65. The minimum atomic E-state index is 0.0278. The SMILES string of the molecule is COc1nc(-c2cccc(-c3cccc(-c4ccc(CN5CC6(CCNC6)C5CC(=O)N5CCC6(CN(Cc7ccc(-c8cccc(-c9cccc(-c%10ccc(CN%11CC%12(CCN(C(C)=O)C%12)C%11)c(OC)n%10)c9Cl)c8Cl)nc7OC)C6)C5)c(OC)n4)c3Cl)c2Cl)ccc1CN1CC2(CCNC2)C1. The van der Waals surface area contributed by atoms with Gasteiger partial charge in [0.25, 0.3) is 0 Å². The number of hydrogen-bond donors (Lipinski definition) is 2. The maximum absolute atomic E-state index is 14.6. The maximum atomic E-state index is 14.6. The number of halogens is 4. The van der Waals surface area contributed by atoms with Gasteiger partial charge in [-0.25, -0.2) is 19.9 Å². The van der Waals surface area contributed by atoms with E-state index in [1.54, 1.807) is 35.4 Å². The molecule has 2 atom stereocenters. The Balaban J connectivity index is 0.542. The number of ether oxygens (including phenoxy) is 4. The quantitative estimate of drug-likeness (QED) is 0.0739. The van der Waals surface area contributed by atoms with E-state index in [4.69, 9.17) is 85.3 Å². The van der Waals surface area contributed by atoms with Gasteiger partial charge in [0.2, 0.25) is 35.3 Å². The molecule has 0 radical (unpaired) electrons. The number of pyridine rings is 4. The Morgan fingerprint density at radius 3 is 1.13 bits per heavy atom. The number of amides is 2. The van der Waals surface area contributed by atoms with Gasteiger partial charge >= 0.3 is 0 Å². The molecule has 0 aliphatic carbocycles. The Bertz CT molecular complexity index is 4570. The molecule has 4 aromatic heterocycles. The van der Waals surface area contributed by atoms with Crippen LogP contribution in [0.15, 0.2) is 121 Å².